The fourth-order valence-corrected chi connectivity index (χ4v) is 1.17. The third kappa shape index (κ3) is 4.44. The van der Waals surface area contributed by atoms with Gasteiger partial charge in [-0.15, -0.1) is 6.58 Å². The van der Waals surface area contributed by atoms with Crippen LogP contribution in [-0.4, -0.2) is 6.61 Å². The minimum Gasteiger partial charge on any atom is -0.376 e. The highest BCUT2D eigenvalue weighted by Crippen LogP contribution is 2.06. The predicted molar refractivity (Wildman–Crippen MR) is 60.2 cm³/mol. The van der Waals surface area contributed by atoms with Crippen molar-refractivity contribution in [2.75, 3.05) is 6.61 Å². The van der Waals surface area contributed by atoms with Gasteiger partial charge < -0.3 is 4.74 Å². The number of hydrogen-bond acceptors (Lipinski definition) is 2. The van der Waals surface area contributed by atoms with Gasteiger partial charge in [0.15, 0.2) is 0 Å². The molecule has 2 nitrogen and oxygen atoms in total. The molecule has 0 atom stereocenters. The van der Waals surface area contributed by atoms with Crippen molar-refractivity contribution in [2.24, 2.45) is 0 Å². The van der Waals surface area contributed by atoms with Crippen LogP contribution >= 0.6 is 0 Å². The van der Waals surface area contributed by atoms with Crippen LogP contribution in [0.25, 0.3) is 0 Å². The largest absolute Gasteiger partial charge is 0.376 e. The van der Waals surface area contributed by atoms with Crippen LogP contribution in [0.15, 0.2) is 36.4 Å². The molecule has 2 heteroatoms. The Morgan fingerprint density at radius 3 is 3.00 bits per heavy atom. The maximum atomic E-state index is 8.70. The Kier molecular flexibility index (Phi) is 4.59. The minimum atomic E-state index is 0.558. The van der Waals surface area contributed by atoms with E-state index in [-0.39, 0.29) is 0 Å². The van der Waals surface area contributed by atoms with Crippen LogP contribution in [0.3, 0.4) is 0 Å². The number of ether oxygens (including phenoxy) is 1. The maximum absolute atomic E-state index is 8.70. The molecule has 1 aromatic rings. The molecule has 0 aliphatic carbocycles. The fraction of sp³-hybridized carbons (Fsp3) is 0.308. The van der Waals surface area contributed by atoms with E-state index in [1.54, 1.807) is 6.07 Å². The van der Waals surface area contributed by atoms with Gasteiger partial charge in [0.05, 0.1) is 24.8 Å². The zero-order chi connectivity index (χ0) is 11.1. The molecular formula is C13H15NO. The lowest BCUT2D eigenvalue weighted by atomic mass is 10.1. The molecular weight excluding hydrogens is 186 g/mol. The second-order valence-electron chi connectivity index (χ2n) is 3.57. The van der Waals surface area contributed by atoms with Crippen LogP contribution in [0.1, 0.15) is 24.5 Å². The SMILES string of the molecule is C=C(C)CCOCc1cccc(C#N)c1. The lowest BCUT2D eigenvalue weighted by Crippen LogP contribution is -1.96. The number of nitriles is 1. The van der Waals surface area contributed by atoms with Gasteiger partial charge in [0.2, 0.25) is 0 Å². The Labute approximate surface area is 90.8 Å². The number of nitrogens with zero attached hydrogens (tertiary/aromatic N) is 1. The molecule has 0 N–H and O–H groups in total. The number of hydrogen-bond donors (Lipinski definition) is 0. The zero-order valence-corrected chi connectivity index (χ0v) is 8.99. The van der Waals surface area contributed by atoms with E-state index in [1.165, 1.54) is 0 Å². The molecule has 1 rings (SSSR count). The highest BCUT2D eigenvalue weighted by molar-refractivity contribution is 5.32. The highest BCUT2D eigenvalue weighted by Gasteiger charge is 1.95. The predicted octanol–water partition coefficient (Wildman–Crippen LogP) is 3.04. The van der Waals surface area contributed by atoms with E-state index >= 15 is 0 Å². The van der Waals surface area contributed by atoms with Crippen LogP contribution in [0, 0.1) is 11.3 Å². The molecule has 0 spiro atoms. The molecule has 0 aliphatic heterocycles. The summed E-state index contributed by atoms with van der Waals surface area (Å²) in [5.74, 6) is 0. The standard InChI is InChI=1S/C13H15NO/c1-11(2)6-7-15-10-13-5-3-4-12(8-13)9-14/h3-5,8H,1,6-7,10H2,2H3. The smallest absolute Gasteiger partial charge is 0.0991 e. The number of rotatable bonds is 5. The highest BCUT2D eigenvalue weighted by atomic mass is 16.5. The van der Waals surface area contributed by atoms with Gasteiger partial charge in [-0.05, 0) is 31.0 Å². The molecule has 0 saturated heterocycles. The van der Waals surface area contributed by atoms with Gasteiger partial charge in [0.25, 0.3) is 0 Å². The van der Waals surface area contributed by atoms with E-state index in [0.717, 1.165) is 17.6 Å². The lowest BCUT2D eigenvalue weighted by molar-refractivity contribution is 0.124. The van der Waals surface area contributed by atoms with Crippen LogP contribution < -0.4 is 0 Å². The molecule has 0 heterocycles. The van der Waals surface area contributed by atoms with Gasteiger partial charge in [-0.2, -0.15) is 5.26 Å². The van der Waals surface area contributed by atoms with Crippen molar-refractivity contribution in [3.05, 3.63) is 47.5 Å². The molecule has 0 amide bonds. The molecule has 15 heavy (non-hydrogen) atoms. The van der Waals surface area contributed by atoms with Crippen molar-refractivity contribution in [2.45, 2.75) is 20.0 Å². The first-order valence-electron chi connectivity index (χ1n) is 4.93. The zero-order valence-electron chi connectivity index (χ0n) is 8.99. The van der Waals surface area contributed by atoms with Gasteiger partial charge in [-0.1, -0.05) is 17.7 Å². The Bertz CT molecular complexity index is 376. The van der Waals surface area contributed by atoms with Crippen molar-refractivity contribution in [3.63, 3.8) is 0 Å². The molecule has 0 fully saturated rings. The van der Waals surface area contributed by atoms with E-state index in [9.17, 15) is 0 Å². The summed E-state index contributed by atoms with van der Waals surface area (Å²) in [6, 6.07) is 9.57. The molecule has 0 saturated carbocycles. The second-order valence-corrected chi connectivity index (χ2v) is 3.57. The van der Waals surface area contributed by atoms with Gasteiger partial charge >= 0.3 is 0 Å². The van der Waals surface area contributed by atoms with E-state index in [4.69, 9.17) is 10.00 Å². The van der Waals surface area contributed by atoms with E-state index in [2.05, 4.69) is 12.6 Å². The molecule has 0 bridgehead atoms. The van der Waals surface area contributed by atoms with E-state index in [1.807, 2.05) is 25.1 Å². The van der Waals surface area contributed by atoms with Crippen LogP contribution in [0.4, 0.5) is 0 Å². The summed E-state index contributed by atoms with van der Waals surface area (Å²) in [6.07, 6.45) is 0.887. The third-order valence-corrected chi connectivity index (χ3v) is 2.00. The molecule has 0 aliphatic rings. The van der Waals surface area contributed by atoms with Gasteiger partial charge in [0.1, 0.15) is 0 Å². The minimum absolute atomic E-state index is 0.558. The first-order valence-corrected chi connectivity index (χ1v) is 4.93. The van der Waals surface area contributed by atoms with Crippen LogP contribution in [0.5, 0.6) is 0 Å². The van der Waals surface area contributed by atoms with Gasteiger partial charge in [-0.25, -0.2) is 0 Å². The van der Waals surface area contributed by atoms with E-state index in [0.29, 0.717) is 18.8 Å². The molecule has 1 aromatic carbocycles. The first-order chi connectivity index (χ1) is 7.22. The molecule has 0 aromatic heterocycles. The van der Waals surface area contributed by atoms with Crippen molar-refractivity contribution in [1.29, 1.82) is 5.26 Å². The summed E-state index contributed by atoms with van der Waals surface area (Å²) < 4.78 is 5.46. The second kappa shape index (κ2) is 6.00. The summed E-state index contributed by atoms with van der Waals surface area (Å²) in [5.41, 5.74) is 2.84. The first kappa shape index (κ1) is 11.5. The number of benzene rings is 1. The molecule has 78 valence electrons. The van der Waals surface area contributed by atoms with Crippen molar-refractivity contribution >= 4 is 0 Å². The average molecular weight is 201 g/mol. The summed E-state index contributed by atoms with van der Waals surface area (Å²) in [7, 11) is 0. The van der Waals surface area contributed by atoms with Crippen molar-refractivity contribution < 1.29 is 4.74 Å². The Morgan fingerprint density at radius 1 is 1.53 bits per heavy atom. The Morgan fingerprint density at radius 2 is 2.33 bits per heavy atom. The van der Waals surface area contributed by atoms with Gasteiger partial charge in [-0.3, -0.25) is 0 Å². The average Bonchev–Trinajstić information content (AvgIpc) is 2.24. The molecule has 0 unspecified atom stereocenters. The van der Waals surface area contributed by atoms with Crippen LogP contribution in [-0.2, 0) is 11.3 Å². The lowest BCUT2D eigenvalue weighted by Gasteiger charge is -2.04. The monoisotopic (exact) mass is 201 g/mol. The van der Waals surface area contributed by atoms with Crippen molar-refractivity contribution in [1.82, 2.24) is 0 Å². The van der Waals surface area contributed by atoms with E-state index < -0.39 is 0 Å². The van der Waals surface area contributed by atoms with Crippen molar-refractivity contribution in [3.8, 4) is 6.07 Å². The Balaban J connectivity index is 2.38. The molecule has 0 radical (unpaired) electrons. The fourth-order valence-electron chi connectivity index (χ4n) is 1.17. The summed E-state index contributed by atoms with van der Waals surface area (Å²) in [6.45, 7) is 7.03. The summed E-state index contributed by atoms with van der Waals surface area (Å²) in [5, 5.41) is 8.70. The topological polar surface area (TPSA) is 33.0 Å². The quantitative estimate of drug-likeness (QED) is 0.542. The Hall–Kier alpha value is -1.59. The van der Waals surface area contributed by atoms with Crippen LogP contribution in [0.2, 0.25) is 0 Å². The third-order valence-electron chi connectivity index (χ3n) is 2.00. The van der Waals surface area contributed by atoms with Gasteiger partial charge in [0, 0.05) is 0 Å². The normalized spacial score (nSPS) is 9.60. The maximum Gasteiger partial charge on any atom is 0.0991 e. The summed E-state index contributed by atoms with van der Waals surface area (Å²) >= 11 is 0. The summed E-state index contributed by atoms with van der Waals surface area (Å²) in [4.78, 5) is 0.